The van der Waals surface area contributed by atoms with Crippen LogP contribution in [0.2, 0.25) is 0 Å². The minimum atomic E-state index is 0.324. The fourth-order valence-corrected chi connectivity index (χ4v) is 3.15. The highest BCUT2D eigenvalue weighted by atomic mass is 16.5. The van der Waals surface area contributed by atoms with Crippen LogP contribution in [-0.2, 0) is 9.53 Å². The van der Waals surface area contributed by atoms with Gasteiger partial charge in [-0.05, 0) is 32.6 Å². The molecule has 2 fully saturated rings. The average molecular weight is 283 g/mol. The maximum Gasteiger partial charge on any atom is 0.222 e. The number of ether oxygens (including phenoxy) is 1. The lowest BCUT2D eigenvalue weighted by molar-refractivity contribution is -0.136. The summed E-state index contributed by atoms with van der Waals surface area (Å²) in [6.07, 6.45) is 3.23. The molecule has 0 aromatic carbocycles. The molecule has 5 heteroatoms. The number of carbonyl (C=O) groups is 1. The smallest absolute Gasteiger partial charge is 0.222 e. The molecule has 1 heterocycles. The Hall–Kier alpha value is -0.650. The number of amides is 1. The van der Waals surface area contributed by atoms with E-state index in [1.807, 2.05) is 11.8 Å². The molecule has 2 N–H and O–H groups in total. The minimum Gasteiger partial charge on any atom is -0.378 e. The third-order valence-corrected chi connectivity index (χ3v) is 4.69. The summed E-state index contributed by atoms with van der Waals surface area (Å²) in [5.74, 6) is 0.866. The number of hydrogen-bond donors (Lipinski definition) is 1. The van der Waals surface area contributed by atoms with Gasteiger partial charge in [0.2, 0.25) is 5.91 Å². The molecule has 20 heavy (non-hydrogen) atoms. The highest BCUT2D eigenvalue weighted by molar-refractivity contribution is 5.76. The molecule has 1 aliphatic heterocycles. The summed E-state index contributed by atoms with van der Waals surface area (Å²) in [7, 11) is 0. The number of nitrogens with two attached hydrogens (primary N) is 1. The summed E-state index contributed by atoms with van der Waals surface area (Å²) >= 11 is 0. The second-order valence-electron chi connectivity index (χ2n) is 6.12. The number of piperazine rings is 1. The summed E-state index contributed by atoms with van der Waals surface area (Å²) in [5.41, 5.74) is 5.69. The third kappa shape index (κ3) is 3.93. The molecular formula is C15H29N3O2. The Morgan fingerprint density at radius 2 is 1.95 bits per heavy atom. The van der Waals surface area contributed by atoms with Gasteiger partial charge in [-0.2, -0.15) is 0 Å². The van der Waals surface area contributed by atoms with Gasteiger partial charge in [0.25, 0.3) is 0 Å². The predicted octanol–water partition coefficient (Wildman–Crippen LogP) is 0.683. The van der Waals surface area contributed by atoms with Gasteiger partial charge in [-0.25, -0.2) is 0 Å². The first kappa shape index (κ1) is 15.7. The van der Waals surface area contributed by atoms with Crippen molar-refractivity contribution in [3.05, 3.63) is 0 Å². The van der Waals surface area contributed by atoms with E-state index >= 15 is 0 Å². The zero-order chi connectivity index (χ0) is 14.5. The molecule has 116 valence electrons. The molecule has 0 bridgehead atoms. The van der Waals surface area contributed by atoms with Crippen molar-refractivity contribution in [2.24, 2.45) is 11.7 Å². The molecule has 1 aliphatic carbocycles. The summed E-state index contributed by atoms with van der Waals surface area (Å²) in [6, 6.07) is 0.422. The van der Waals surface area contributed by atoms with E-state index in [4.69, 9.17) is 10.5 Å². The Morgan fingerprint density at radius 3 is 2.50 bits per heavy atom. The molecule has 0 aromatic rings. The van der Waals surface area contributed by atoms with Gasteiger partial charge in [0.15, 0.2) is 0 Å². The molecule has 0 spiro atoms. The maximum absolute atomic E-state index is 12.3. The van der Waals surface area contributed by atoms with E-state index in [0.29, 0.717) is 36.9 Å². The highest BCUT2D eigenvalue weighted by Gasteiger charge is 2.33. The number of rotatable bonds is 6. The lowest BCUT2D eigenvalue weighted by Gasteiger charge is -2.40. The SMILES string of the molecule is CCOC1CC(CC(=O)N2CCN(C(C)CN)CC2)C1. The summed E-state index contributed by atoms with van der Waals surface area (Å²) in [4.78, 5) is 16.6. The third-order valence-electron chi connectivity index (χ3n) is 4.69. The van der Waals surface area contributed by atoms with Crippen molar-refractivity contribution in [2.75, 3.05) is 39.3 Å². The van der Waals surface area contributed by atoms with E-state index in [9.17, 15) is 4.79 Å². The maximum atomic E-state index is 12.3. The van der Waals surface area contributed by atoms with Gasteiger partial charge in [0, 0.05) is 51.8 Å². The minimum absolute atomic E-state index is 0.324. The summed E-state index contributed by atoms with van der Waals surface area (Å²) in [5, 5.41) is 0. The fraction of sp³-hybridized carbons (Fsp3) is 0.933. The fourth-order valence-electron chi connectivity index (χ4n) is 3.15. The molecule has 2 rings (SSSR count). The van der Waals surface area contributed by atoms with Gasteiger partial charge in [0.05, 0.1) is 6.10 Å². The first-order chi connectivity index (χ1) is 9.63. The number of carbonyl (C=O) groups excluding carboxylic acids is 1. The van der Waals surface area contributed by atoms with E-state index in [1.54, 1.807) is 0 Å². The van der Waals surface area contributed by atoms with E-state index < -0.39 is 0 Å². The molecule has 2 aliphatic rings. The van der Waals surface area contributed by atoms with Gasteiger partial charge in [-0.1, -0.05) is 0 Å². The van der Waals surface area contributed by atoms with Crippen molar-refractivity contribution >= 4 is 5.91 Å². The topological polar surface area (TPSA) is 58.8 Å². The van der Waals surface area contributed by atoms with Crippen LogP contribution in [0.25, 0.3) is 0 Å². The first-order valence-corrected chi connectivity index (χ1v) is 7.97. The Bertz CT molecular complexity index is 310. The van der Waals surface area contributed by atoms with Crippen molar-refractivity contribution in [1.82, 2.24) is 9.80 Å². The van der Waals surface area contributed by atoms with Gasteiger partial charge in [-0.15, -0.1) is 0 Å². The first-order valence-electron chi connectivity index (χ1n) is 7.97. The van der Waals surface area contributed by atoms with Gasteiger partial charge in [0.1, 0.15) is 0 Å². The second-order valence-corrected chi connectivity index (χ2v) is 6.12. The van der Waals surface area contributed by atoms with E-state index in [0.717, 1.165) is 45.6 Å². The molecule has 1 saturated heterocycles. The Morgan fingerprint density at radius 1 is 1.30 bits per heavy atom. The summed E-state index contributed by atoms with van der Waals surface area (Å²) in [6.45, 7) is 9.27. The van der Waals surface area contributed by atoms with E-state index in [2.05, 4.69) is 11.8 Å². The van der Waals surface area contributed by atoms with Gasteiger partial charge < -0.3 is 15.4 Å². The highest BCUT2D eigenvalue weighted by Crippen LogP contribution is 2.33. The van der Waals surface area contributed by atoms with Crippen LogP contribution in [0, 0.1) is 5.92 Å². The van der Waals surface area contributed by atoms with Crippen molar-refractivity contribution in [3.63, 3.8) is 0 Å². The van der Waals surface area contributed by atoms with Crippen LogP contribution in [0.1, 0.15) is 33.1 Å². The molecule has 1 amide bonds. The lowest BCUT2D eigenvalue weighted by Crippen LogP contribution is -2.53. The van der Waals surface area contributed by atoms with Crippen LogP contribution in [0.4, 0.5) is 0 Å². The Balaban J connectivity index is 1.65. The van der Waals surface area contributed by atoms with Crippen LogP contribution >= 0.6 is 0 Å². The second kappa shape index (κ2) is 7.38. The van der Waals surface area contributed by atoms with Gasteiger partial charge >= 0.3 is 0 Å². The zero-order valence-corrected chi connectivity index (χ0v) is 12.9. The van der Waals surface area contributed by atoms with Crippen LogP contribution in [-0.4, -0.2) is 67.2 Å². The molecule has 0 radical (unpaired) electrons. The lowest BCUT2D eigenvalue weighted by atomic mass is 9.79. The van der Waals surface area contributed by atoms with E-state index in [-0.39, 0.29) is 0 Å². The van der Waals surface area contributed by atoms with Crippen molar-refractivity contribution in [1.29, 1.82) is 0 Å². The number of hydrogen-bond acceptors (Lipinski definition) is 4. The predicted molar refractivity (Wildman–Crippen MR) is 79.4 cm³/mol. The number of nitrogens with zero attached hydrogens (tertiary/aromatic N) is 2. The van der Waals surface area contributed by atoms with Gasteiger partial charge in [-0.3, -0.25) is 9.69 Å². The molecule has 0 aromatic heterocycles. The molecule has 1 atom stereocenters. The quantitative estimate of drug-likeness (QED) is 0.779. The average Bonchev–Trinajstić information content (AvgIpc) is 2.44. The Labute approximate surface area is 122 Å². The monoisotopic (exact) mass is 283 g/mol. The van der Waals surface area contributed by atoms with E-state index in [1.165, 1.54) is 0 Å². The molecule has 5 nitrogen and oxygen atoms in total. The summed E-state index contributed by atoms with van der Waals surface area (Å²) < 4.78 is 5.54. The van der Waals surface area contributed by atoms with Crippen molar-refractivity contribution < 1.29 is 9.53 Å². The normalized spacial score (nSPS) is 29.1. The molecule has 1 saturated carbocycles. The molecule has 1 unspecified atom stereocenters. The Kier molecular flexibility index (Phi) is 5.81. The van der Waals surface area contributed by atoms with Crippen molar-refractivity contribution in [2.45, 2.75) is 45.3 Å². The molecular weight excluding hydrogens is 254 g/mol. The standard InChI is InChI=1S/C15H29N3O2/c1-3-20-14-8-13(9-14)10-15(19)18-6-4-17(5-7-18)12(2)11-16/h12-14H,3-11,16H2,1-2H3. The van der Waals surface area contributed by atoms with Crippen LogP contribution in [0.5, 0.6) is 0 Å². The van der Waals surface area contributed by atoms with Crippen LogP contribution in [0.15, 0.2) is 0 Å². The van der Waals surface area contributed by atoms with Crippen LogP contribution < -0.4 is 5.73 Å². The van der Waals surface area contributed by atoms with Crippen molar-refractivity contribution in [3.8, 4) is 0 Å². The zero-order valence-electron chi connectivity index (χ0n) is 12.9. The largest absolute Gasteiger partial charge is 0.378 e. The van der Waals surface area contributed by atoms with Crippen LogP contribution in [0.3, 0.4) is 0 Å².